The molecule has 2 saturated heterocycles. The van der Waals surface area contributed by atoms with Crippen molar-refractivity contribution < 1.29 is 22.8 Å². The van der Waals surface area contributed by atoms with Crippen LogP contribution in [0.4, 0.5) is 24.5 Å². The van der Waals surface area contributed by atoms with E-state index in [1.807, 2.05) is 11.9 Å². The summed E-state index contributed by atoms with van der Waals surface area (Å²) in [5.74, 6) is -0.637. The number of piperidine rings is 1. The van der Waals surface area contributed by atoms with Crippen LogP contribution in [-0.2, 0) is 15.8 Å². The fraction of sp³-hybridized carbons (Fsp3) is 0.600. The van der Waals surface area contributed by atoms with Crippen molar-refractivity contribution in [2.45, 2.75) is 25.9 Å². The molecule has 29 heavy (non-hydrogen) atoms. The van der Waals surface area contributed by atoms with Crippen molar-refractivity contribution in [1.29, 1.82) is 0 Å². The minimum absolute atomic E-state index is 0.0286. The van der Waals surface area contributed by atoms with Gasteiger partial charge in [-0.1, -0.05) is 0 Å². The Labute approximate surface area is 168 Å². The Morgan fingerprint density at radius 2 is 1.66 bits per heavy atom. The Morgan fingerprint density at radius 1 is 1.03 bits per heavy atom. The van der Waals surface area contributed by atoms with E-state index in [1.165, 1.54) is 13.0 Å². The van der Waals surface area contributed by atoms with Crippen molar-refractivity contribution in [1.82, 2.24) is 9.80 Å². The summed E-state index contributed by atoms with van der Waals surface area (Å²) in [6.45, 7) is 5.44. The normalized spacial score (nSPS) is 19.3. The van der Waals surface area contributed by atoms with Gasteiger partial charge in [-0.25, -0.2) is 0 Å². The largest absolute Gasteiger partial charge is 0.416 e. The molecule has 1 N–H and O–H groups in total. The maximum Gasteiger partial charge on any atom is 0.416 e. The van der Waals surface area contributed by atoms with Crippen LogP contribution in [0.2, 0.25) is 0 Å². The fourth-order valence-electron chi connectivity index (χ4n) is 3.83. The highest BCUT2D eigenvalue weighted by atomic mass is 19.4. The molecule has 2 amide bonds. The first kappa shape index (κ1) is 21.4. The van der Waals surface area contributed by atoms with Crippen LogP contribution < -0.4 is 10.2 Å². The summed E-state index contributed by atoms with van der Waals surface area (Å²) in [6, 6.07) is 3.53. The molecule has 0 aromatic heterocycles. The van der Waals surface area contributed by atoms with Crippen LogP contribution in [0.5, 0.6) is 0 Å². The minimum atomic E-state index is -4.48. The number of amides is 2. The van der Waals surface area contributed by atoms with E-state index < -0.39 is 11.7 Å². The molecule has 0 spiro atoms. The van der Waals surface area contributed by atoms with Crippen molar-refractivity contribution in [3.63, 3.8) is 0 Å². The number of hydrogen-bond acceptors (Lipinski definition) is 4. The molecule has 6 nitrogen and oxygen atoms in total. The lowest BCUT2D eigenvalue weighted by Crippen LogP contribution is -2.45. The van der Waals surface area contributed by atoms with E-state index in [1.54, 1.807) is 4.90 Å². The van der Waals surface area contributed by atoms with Crippen molar-refractivity contribution in [3.8, 4) is 0 Å². The second kappa shape index (κ2) is 8.61. The van der Waals surface area contributed by atoms with Gasteiger partial charge < -0.3 is 20.0 Å². The van der Waals surface area contributed by atoms with E-state index in [-0.39, 0.29) is 23.4 Å². The van der Waals surface area contributed by atoms with Gasteiger partial charge in [0.25, 0.3) is 0 Å². The molecule has 0 radical (unpaired) electrons. The monoisotopic (exact) mass is 412 g/mol. The molecule has 2 aliphatic heterocycles. The molecular formula is C20H27F3N4O2. The van der Waals surface area contributed by atoms with Gasteiger partial charge in [0, 0.05) is 52.1 Å². The lowest BCUT2D eigenvalue weighted by Gasteiger charge is -2.35. The molecule has 2 fully saturated rings. The SMILES string of the molecule is CC(=O)N1CCC(C(=O)Nc2cc(C(F)(F)F)ccc2N2CCN(C)CC2)CC1. The molecule has 0 aliphatic carbocycles. The maximum atomic E-state index is 13.2. The zero-order chi connectivity index (χ0) is 21.2. The molecule has 0 bridgehead atoms. The van der Waals surface area contributed by atoms with E-state index in [2.05, 4.69) is 10.2 Å². The van der Waals surface area contributed by atoms with Crippen molar-refractivity contribution in [3.05, 3.63) is 23.8 Å². The van der Waals surface area contributed by atoms with Crippen LogP contribution in [-0.4, -0.2) is 67.9 Å². The van der Waals surface area contributed by atoms with Gasteiger partial charge >= 0.3 is 6.18 Å². The summed E-state index contributed by atoms with van der Waals surface area (Å²) in [5.41, 5.74) is 0.0288. The molecule has 9 heteroatoms. The smallest absolute Gasteiger partial charge is 0.367 e. The molecule has 0 saturated carbocycles. The molecular weight excluding hydrogens is 385 g/mol. The second-order valence-electron chi connectivity index (χ2n) is 7.79. The number of anilines is 2. The Hall–Kier alpha value is -2.29. The number of rotatable bonds is 3. The molecule has 0 atom stereocenters. The Balaban J connectivity index is 1.78. The quantitative estimate of drug-likeness (QED) is 0.830. The third kappa shape index (κ3) is 5.20. The van der Waals surface area contributed by atoms with Gasteiger partial charge in [0.2, 0.25) is 11.8 Å². The van der Waals surface area contributed by atoms with Crippen molar-refractivity contribution >= 4 is 23.2 Å². The number of nitrogens with zero attached hydrogens (tertiary/aromatic N) is 3. The van der Waals surface area contributed by atoms with Crippen LogP contribution in [0, 0.1) is 5.92 Å². The lowest BCUT2D eigenvalue weighted by molar-refractivity contribution is -0.137. The first-order chi connectivity index (χ1) is 13.6. The highest BCUT2D eigenvalue weighted by Crippen LogP contribution is 2.36. The Morgan fingerprint density at radius 3 is 2.21 bits per heavy atom. The topological polar surface area (TPSA) is 55.9 Å². The third-order valence-electron chi connectivity index (χ3n) is 5.74. The van der Waals surface area contributed by atoms with Crippen molar-refractivity contribution in [2.24, 2.45) is 5.92 Å². The van der Waals surface area contributed by atoms with E-state index >= 15 is 0 Å². The molecule has 0 unspecified atom stereocenters. The lowest BCUT2D eigenvalue weighted by atomic mass is 9.95. The van der Waals surface area contributed by atoms with E-state index in [0.29, 0.717) is 44.7 Å². The number of nitrogens with one attached hydrogen (secondary N) is 1. The maximum absolute atomic E-state index is 13.2. The Bertz CT molecular complexity index is 753. The molecule has 2 aliphatic rings. The summed E-state index contributed by atoms with van der Waals surface area (Å²) in [4.78, 5) is 30.1. The first-order valence-corrected chi connectivity index (χ1v) is 9.86. The number of likely N-dealkylation sites (N-methyl/N-ethyl adjacent to an activating group) is 1. The predicted octanol–water partition coefficient (Wildman–Crippen LogP) is 2.65. The van der Waals surface area contributed by atoms with Crippen LogP contribution in [0.1, 0.15) is 25.3 Å². The molecule has 2 heterocycles. The first-order valence-electron chi connectivity index (χ1n) is 9.86. The third-order valence-corrected chi connectivity index (χ3v) is 5.74. The van der Waals surface area contributed by atoms with Gasteiger partial charge in [-0.05, 0) is 38.1 Å². The van der Waals surface area contributed by atoms with Gasteiger partial charge in [0.15, 0.2) is 0 Å². The molecule has 160 valence electrons. The standard InChI is InChI=1S/C20H27F3N4O2/c1-14(28)26-7-5-15(6-8-26)19(29)24-17-13-16(20(21,22)23)3-4-18(17)27-11-9-25(2)10-12-27/h3-4,13,15H,5-12H2,1-2H3,(H,24,29). The average Bonchev–Trinajstić information content (AvgIpc) is 2.68. The van der Waals surface area contributed by atoms with Crippen LogP contribution in [0.25, 0.3) is 0 Å². The van der Waals surface area contributed by atoms with Crippen LogP contribution in [0.15, 0.2) is 18.2 Å². The second-order valence-corrected chi connectivity index (χ2v) is 7.79. The number of alkyl halides is 3. The number of carbonyl (C=O) groups excluding carboxylic acids is 2. The average molecular weight is 412 g/mol. The van der Waals surface area contributed by atoms with E-state index in [0.717, 1.165) is 25.2 Å². The fourth-order valence-corrected chi connectivity index (χ4v) is 3.83. The van der Waals surface area contributed by atoms with Crippen molar-refractivity contribution in [2.75, 3.05) is 56.5 Å². The number of carbonyl (C=O) groups is 2. The van der Waals surface area contributed by atoms with Gasteiger partial charge in [0.05, 0.1) is 16.9 Å². The summed E-state index contributed by atoms with van der Waals surface area (Å²) < 4.78 is 39.7. The number of hydrogen-bond donors (Lipinski definition) is 1. The number of piperazine rings is 1. The minimum Gasteiger partial charge on any atom is -0.367 e. The van der Waals surface area contributed by atoms with Crippen LogP contribution in [0.3, 0.4) is 0 Å². The summed E-state index contributed by atoms with van der Waals surface area (Å²) in [6.07, 6.45) is -3.46. The highest BCUT2D eigenvalue weighted by molar-refractivity contribution is 5.96. The number of likely N-dealkylation sites (tertiary alicyclic amines) is 1. The van der Waals surface area contributed by atoms with Crippen LogP contribution >= 0.6 is 0 Å². The number of halogens is 3. The zero-order valence-corrected chi connectivity index (χ0v) is 16.8. The Kier molecular flexibility index (Phi) is 6.36. The summed E-state index contributed by atoms with van der Waals surface area (Å²) in [7, 11) is 2.00. The molecule has 3 rings (SSSR count). The van der Waals surface area contributed by atoms with Gasteiger partial charge in [-0.2, -0.15) is 13.2 Å². The number of benzene rings is 1. The van der Waals surface area contributed by atoms with E-state index in [4.69, 9.17) is 0 Å². The van der Waals surface area contributed by atoms with Gasteiger partial charge in [-0.3, -0.25) is 9.59 Å². The van der Waals surface area contributed by atoms with Gasteiger partial charge in [0.1, 0.15) is 0 Å². The molecule has 1 aromatic carbocycles. The predicted molar refractivity (Wildman–Crippen MR) is 105 cm³/mol. The van der Waals surface area contributed by atoms with Gasteiger partial charge in [-0.15, -0.1) is 0 Å². The van der Waals surface area contributed by atoms with E-state index in [9.17, 15) is 22.8 Å². The summed E-state index contributed by atoms with van der Waals surface area (Å²) in [5, 5.41) is 2.75. The summed E-state index contributed by atoms with van der Waals surface area (Å²) >= 11 is 0. The zero-order valence-electron chi connectivity index (χ0n) is 16.8. The molecule has 1 aromatic rings. The highest BCUT2D eigenvalue weighted by Gasteiger charge is 2.33.